The van der Waals surface area contributed by atoms with E-state index in [1.165, 1.54) is 18.2 Å². The molecule has 0 bridgehead atoms. The van der Waals surface area contributed by atoms with Gasteiger partial charge < -0.3 is 9.42 Å². The van der Waals surface area contributed by atoms with Gasteiger partial charge in [0.15, 0.2) is 5.58 Å². The molecule has 2 aromatic rings. The Bertz CT molecular complexity index is 657. The van der Waals surface area contributed by atoms with E-state index < -0.39 is 0 Å². The van der Waals surface area contributed by atoms with Crippen LogP contribution in [-0.2, 0) is 4.79 Å². The lowest BCUT2D eigenvalue weighted by Gasteiger charge is -2.30. The van der Waals surface area contributed by atoms with E-state index in [1.807, 2.05) is 0 Å². The summed E-state index contributed by atoms with van der Waals surface area (Å²) >= 11 is 0. The van der Waals surface area contributed by atoms with E-state index in [-0.39, 0.29) is 17.6 Å². The minimum Gasteiger partial charge on any atom is -0.356 e. The van der Waals surface area contributed by atoms with E-state index in [9.17, 15) is 9.18 Å². The summed E-state index contributed by atoms with van der Waals surface area (Å²) in [5.41, 5.74) is 1.34. The third kappa shape index (κ3) is 2.19. The molecule has 0 atom stereocenters. The summed E-state index contributed by atoms with van der Waals surface area (Å²) in [6.07, 6.45) is 3.01. The largest absolute Gasteiger partial charge is 0.356 e. The molecule has 1 aromatic heterocycles. The lowest BCUT2D eigenvalue weighted by atomic mass is 9.91. The van der Waals surface area contributed by atoms with Gasteiger partial charge in [-0.15, -0.1) is 0 Å². The van der Waals surface area contributed by atoms with Crippen molar-refractivity contribution in [1.29, 1.82) is 0 Å². The average molecular weight is 274 g/mol. The van der Waals surface area contributed by atoms with Crippen LogP contribution in [0.4, 0.5) is 4.39 Å². The van der Waals surface area contributed by atoms with Crippen molar-refractivity contribution in [2.75, 3.05) is 13.1 Å². The van der Waals surface area contributed by atoms with Crippen molar-refractivity contribution in [2.45, 2.75) is 18.8 Å². The fraction of sp³-hybridized carbons (Fsp3) is 0.333. The Kier molecular flexibility index (Phi) is 3.26. The average Bonchev–Trinajstić information content (AvgIpc) is 2.89. The quantitative estimate of drug-likeness (QED) is 0.791. The highest BCUT2D eigenvalue weighted by Gasteiger charge is 2.26. The van der Waals surface area contributed by atoms with Crippen molar-refractivity contribution < 1.29 is 13.7 Å². The minimum absolute atomic E-state index is 0.0319. The van der Waals surface area contributed by atoms with Crippen molar-refractivity contribution in [3.05, 3.63) is 42.4 Å². The first-order chi connectivity index (χ1) is 9.69. The molecular weight excluding hydrogens is 259 g/mol. The molecule has 1 saturated heterocycles. The maximum Gasteiger partial charge on any atom is 0.245 e. The lowest BCUT2D eigenvalue weighted by Crippen LogP contribution is -2.36. The standard InChI is InChI=1S/C15H15FN2O2/c1-2-14(19)18-7-5-10(6-8-18)15-12-4-3-11(16)9-13(12)20-17-15/h2-4,9-10H,1,5-8H2. The zero-order chi connectivity index (χ0) is 14.1. The van der Waals surface area contributed by atoms with E-state index in [1.54, 1.807) is 11.0 Å². The summed E-state index contributed by atoms with van der Waals surface area (Å²) in [5.74, 6) is -0.113. The molecule has 1 fully saturated rings. The Morgan fingerprint density at radius 3 is 2.90 bits per heavy atom. The van der Waals surface area contributed by atoms with Gasteiger partial charge in [-0.2, -0.15) is 0 Å². The molecule has 1 aromatic carbocycles. The fourth-order valence-electron chi connectivity index (χ4n) is 2.73. The number of piperidine rings is 1. The lowest BCUT2D eigenvalue weighted by molar-refractivity contribution is -0.127. The number of likely N-dealkylation sites (tertiary alicyclic amines) is 1. The highest BCUT2D eigenvalue weighted by molar-refractivity contribution is 5.87. The van der Waals surface area contributed by atoms with Crippen LogP contribution in [-0.4, -0.2) is 29.1 Å². The maximum atomic E-state index is 13.1. The summed E-state index contributed by atoms with van der Waals surface area (Å²) in [5, 5.41) is 4.95. The van der Waals surface area contributed by atoms with Crippen molar-refractivity contribution in [2.24, 2.45) is 0 Å². The molecule has 20 heavy (non-hydrogen) atoms. The van der Waals surface area contributed by atoms with Crippen LogP contribution >= 0.6 is 0 Å². The summed E-state index contributed by atoms with van der Waals surface area (Å²) in [6.45, 7) is 4.87. The topological polar surface area (TPSA) is 46.3 Å². The Morgan fingerprint density at radius 2 is 2.20 bits per heavy atom. The van der Waals surface area contributed by atoms with Crippen LogP contribution in [0.25, 0.3) is 11.0 Å². The summed E-state index contributed by atoms with van der Waals surface area (Å²) in [7, 11) is 0. The molecule has 0 aliphatic carbocycles. The number of nitrogens with zero attached hydrogens (tertiary/aromatic N) is 2. The molecule has 3 rings (SSSR count). The highest BCUT2D eigenvalue weighted by Crippen LogP contribution is 2.32. The van der Waals surface area contributed by atoms with E-state index in [2.05, 4.69) is 11.7 Å². The third-order valence-corrected chi connectivity index (χ3v) is 3.83. The molecule has 4 nitrogen and oxygen atoms in total. The predicted molar refractivity (Wildman–Crippen MR) is 72.7 cm³/mol. The number of aromatic nitrogens is 1. The Morgan fingerprint density at radius 1 is 1.45 bits per heavy atom. The van der Waals surface area contributed by atoms with Crippen molar-refractivity contribution in [3.8, 4) is 0 Å². The molecule has 0 radical (unpaired) electrons. The normalized spacial score (nSPS) is 16.6. The van der Waals surface area contributed by atoms with E-state index in [4.69, 9.17) is 4.52 Å². The zero-order valence-electron chi connectivity index (χ0n) is 11.0. The van der Waals surface area contributed by atoms with Gasteiger partial charge in [-0.25, -0.2) is 4.39 Å². The van der Waals surface area contributed by atoms with Crippen LogP contribution in [0.15, 0.2) is 35.4 Å². The molecule has 1 amide bonds. The van der Waals surface area contributed by atoms with Gasteiger partial charge in [0, 0.05) is 30.5 Å². The van der Waals surface area contributed by atoms with E-state index in [0.717, 1.165) is 23.9 Å². The van der Waals surface area contributed by atoms with Gasteiger partial charge in [0.1, 0.15) is 5.82 Å². The van der Waals surface area contributed by atoms with Gasteiger partial charge in [-0.05, 0) is 31.1 Å². The summed E-state index contributed by atoms with van der Waals surface area (Å²) < 4.78 is 18.3. The van der Waals surface area contributed by atoms with Crippen molar-refractivity contribution in [3.63, 3.8) is 0 Å². The first-order valence-corrected chi connectivity index (χ1v) is 6.65. The second kappa shape index (κ2) is 5.07. The van der Waals surface area contributed by atoms with Gasteiger partial charge in [0.2, 0.25) is 5.91 Å². The minimum atomic E-state index is -0.327. The van der Waals surface area contributed by atoms with Crippen molar-refractivity contribution >= 4 is 16.9 Å². The van der Waals surface area contributed by atoms with Crippen LogP contribution in [0.2, 0.25) is 0 Å². The first-order valence-electron chi connectivity index (χ1n) is 6.65. The molecule has 5 heteroatoms. The fourth-order valence-corrected chi connectivity index (χ4v) is 2.73. The van der Waals surface area contributed by atoms with Gasteiger partial charge in [-0.3, -0.25) is 4.79 Å². The molecule has 104 valence electrons. The number of hydrogen-bond acceptors (Lipinski definition) is 3. The first kappa shape index (κ1) is 12.8. The Labute approximate surface area is 115 Å². The number of carbonyl (C=O) groups excluding carboxylic acids is 1. The molecule has 0 unspecified atom stereocenters. The Hall–Kier alpha value is -2.17. The molecular formula is C15H15FN2O2. The molecule has 0 spiro atoms. The van der Waals surface area contributed by atoms with Gasteiger partial charge in [0.25, 0.3) is 0 Å². The monoisotopic (exact) mass is 274 g/mol. The summed E-state index contributed by atoms with van der Waals surface area (Å²) in [6, 6.07) is 4.47. The predicted octanol–water partition coefficient (Wildman–Crippen LogP) is 2.86. The zero-order valence-corrected chi connectivity index (χ0v) is 11.0. The summed E-state index contributed by atoms with van der Waals surface area (Å²) in [4.78, 5) is 13.3. The number of fused-ring (bicyclic) bond motifs is 1. The van der Waals surface area contributed by atoms with Gasteiger partial charge in [0.05, 0.1) is 5.69 Å². The second-order valence-corrected chi connectivity index (χ2v) is 5.01. The van der Waals surface area contributed by atoms with Crippen LogP contribution in [0.3, 0.4) is 0 Å². The number of rotatable bonds is 2. The van der Waals surface area contributed by atoms with Gasteiger partial charge in [-0.1, -0.05) is 11.7 Å². The maximum absolute atomic E-state index is 13.1. The van der Waals surface area contributed by atoms with Crippen LogP contribution in [0.1, 0.15) is 24.5 Å². The van der Waals surface area contributed by atoms with E-state index in [0.29, 0.717) is 18.7 Å². The smallest absolute Gasteiger partial charge is 0.245 e. The Balaban J connectivity index is 1.80. The molecule has 0 N–H and O–H groups in total. The second-order valence-electron chi connectivity index (χ2n) is 5.01. The number of carbonyl (C=O) groups is 1. The van der Waals surface area contributed by atoms with E-state index >= 15 is 0 Å². The number of benzene rings is 1. The molecule has 1 aliphatic heterocycles. The number of halogens is 1. The molecule has 1 aliphatic rings. The highest BCUT2D eigenvalue weighted by atomic mass is 19.1. The van der Waals surface area contributed by atoms with Crippen LogP contribution in [0, 0.1) is 5.82 Å². The molecule has 2 heterocycles. The number of hydrogen-bond donors (Lipinski definition) is 0. The van der Waals surface area contributed by atoms with Gasteiger partial charge >= 0.3 is 0 Å². The van der Waals surface area contributed by atoms with Crippen molar-refractivity contribution in [1.82, 2.24) is 10.1 Å². The SMILES string of the molecule is C=CC(=O)N1CCC(c2noc3cc(F)ccc23)CC1. The van der Waals surface area contributed by atoms with Crippen LogP contribution in [0.5, 0.6) is 0 Å². The van der Waals surface area contributed by atoms with Crippen LogP contribution < -0.4 is 0 Å². The number of amides is 1. The molecule has 0 saturated carbocycles. The third-order valence-electron chi connectivity index (χ3n) is 3.83.